The van der Waals surface area contributed by atoms with Crippen molar-refractivity contribution in [2.24, 2.45) is 0 Å². The van der Waals surface area contributed by atoms with Crippen molar-refractivity contribution >= 4 is 50.9 Å². The van der Waals surface area contributed by atoms with Crippen LogP contribution < -0.4 is 0 Å². The van der Waals surface area contributed by atoms with Gasteiger partial charge in [0.15, 0.2) is 19.5 Å². The molecule has 0 radical (unpaired) electrons. The largest absolute Gasteiger partial charge is 0.426 e. The monoisotopic (exact) mass is 454 g/mol. The van der Waals surface area contributed by atoms with E-state index in [-0.39, 0.29) is 8.74 Å². The molecule has 27 heavy (non-hydrogen) atoms. The molecule has 2 nitrogen and oxygen atoms in total. The zero-order valence-electron chi connectivity index (χ0n) is 16.6. The van der Waals surface area contributed by atoms with Gasteiger partial charge in [-0.2, -0.15) is 0 Å². The lowest BCUT2D eigenvalue weighted by Crippen LogP contribution is -2.33. The van der Waals surface area contributed by atoms with Crippen LogP contribution in [-0.2, 0) is 21.7 Å². The number of benzene rings is 2. The van der Waals surface area contributed by atoms with Gasteiger partial charge in [0.1, 0.15) is 0 Å². The maximum absolute atomic E-state index is 5.68. The zero-order chi connectivity index (χ0) is 19.6. The number of rotatable bonds is 12. The Morgan fingerprint density at radius 2 is 1.07 bits per heavy atom. The highest BCUT2D eigenvalue weighted by molar-refractivity contribution is 9.10. The fraction of sp³-hybridized carbons (Fsp3) is 0.400. The average molecular weight is 455 g/mol. The predicted molar refractivity (Wildman–Crippen MR) is 131 cm³/mol. The lowest BCUT2D eigenvalue weighted by Gasteiger charge is -2.30. The van der Waals surface area contributed by atoms with Crippen molar-refractivity contribution in [2.45, 2.75) is 35.4 Å². The van der Waals surface area contributed by atoms with E-state index in [4.69, 9.17) is 8.85 Å². The summed E-state index contributed by atoms with van der Waals surface area (Å²) in [6, 6.07) is 21.5. The summed E-state index contributed by atoms with van der Waals surface area (Å²) in [5.41, 5.74) is 2.78. The van der Waals surface area contributed by atoms with Gasteiger partial charge in [-0.1, -0.05) is 96.1 Å². The Bertz CT molecular complexity index is 605. The first kappa shape index (κ1) is 23.1. The van der Waals surface area contributed by atoms with E-state index in [1.54, 1.807) is 0 Å². The summed E-state index contributed by atoms with van der Waals surface area (Å²) in [6.07, 6.45) is 2.12. The van der Waals surface area contributed by atoms with Crippen LogP contribution in [0.1, 0.15) is 25.0 Å². The van der Waals surface area contributed by atoms with E-state index in [1.807, 2.05) is 45.6 Å². The van der Waals surface area contributed by atoms with Crippen molar-refractivity contribution in [2.75, 3.05) is 14.2 Å². The van der Waals surface area contributed by atoms with Gasteiger partial charge >= 0.3 is 0 Å². The molecule has 0 spiro atoms. The number of hydrogen-bond acceptors (Lipinski definition) is 5. The third-order valence-electron chi connectivity index (χ3n) is 4.21. The summed E-state index contributed by atoms with van der Waals surface area (Å²) >= 11 is 0. The average Bonchev–Trinajstić information content (AvgIpc) is 2.63. The molecule has 0 aliphatic carbocycles. The van der Waals surface area contributed by atoms with Gasteiger partial charge in [0, 0.05) is 23.0 Å². The molecule has 148 valence electrons. The summed E-state index contributed by atoms with van der Waals surface area (Å²) in [7, 11) is 8.36. The van der Waals surface area contributed by atoms with Crippen LogP contribution >= 0.6 is 31.4 Å². The van der Waals surface area contributed by atoms with Crippen molar-refractivity contribution in [3.05, 3.63) is 71.8 Å². The van der Waals surface area contributed by atoms with Gasteiger partial charge in [-0.25, -0.2) is 0 Å². The molecule has 0 saturated heterocycles. The highest BCUT2D eigenvalue weighted by Gasteiger charge is 2.31. The Morgan fingerprint density at radius 1 is 0.704 bits per heavy atom. The molecular formula is C20H30O2S3Si2. The van der Waals surface area contributed by atoms with Gasteiger partial charge in [0.2, 0.25) is 0 Å². The molecule has 0 amide bonds. The lowest BCUT2D eigenvalue weighted by molar-refractivity contribution is 0.428. The minimum atomic E-state index is -0.628. The Kier molecular flexibility index (Phi) is 10.1. The van der Waals surface area contributed by atoms with Gasteiger partial charge in [-0.3, -0.25) is 0 Å². The third kappa shape index (κ3) is 8.39. The van der Waals surface area contributed by atoms with Crippen LogP contribution in [-0.4, -0.2) is 42.5 Å². The molecule has 0 bridgehead atoms. The van der Waals surface area contributed by atoms with Gasteiger partial charge in [0.05, 0.1) is 0 Å². The highest BCUT2D eigenvalue weighted by Crippen LogP contribution is 2.50. The number of hydrogen-bond donors (Lipinski definition) is 0. The summed E-state index contributed by atoms with van der Waals surface area (Å²) < 4.78 is 11.7. The topological polar surface area (TPSA) is 18.5 Å². The maximum Gasteiger partial charge on any atom is 0.177 e. The summed E-state index contributed by atoms with van der Waals surface area (Å²) in [5.74, 6) is 0. The van der Waals surface area contributed by atoms with Crippen LogP contribution in [0.3, 0.4) is 0 Å². The second kappa shape index (κ2) is 11.8. The molecule has 0 saturated carbocycles. The van der Waals surface area contributed by atoms with Crippen molar-refractivity contribution in [1.82, 2.24) is 0 Å². The molecule has 2 aromatic rings. The van der Waals surface area contributed by atoms with Gasteiger partial charge in [-0.15, -0.1) is 0 Å². The SMILES string of the molecule is CO[SiH2]C(C)(Cc1ccccc1)SSSC(C)(Cc1ccccc1)[SiH2]OC. The van der Waals surface area contributed by atoms with Gasteiger partial charge in [0.25, 0.3) is 0 Å². The molecule has 0 aliphatic rings. The van der Waals surface area contributed by atoms with Crippen LogP contribution in [0, 0.1) is 0 Å². The third-order valence-corrected chi connectivity index (χ3v) is 14.6. The first-order valence-electron chi connectivity index (χ1n) is 9.08. The summed E-state index contributed by atoms with van der Waals surface area (Å²) in [6.45, 7) is 4.71. The van der Waals surface area contributed by atoms with Gasteiger partial charge in [-0.05, 0) is 33.8 Å². The molecule has 2 unspecified atom stereocenters. The van der Waals surface area contributed by atoms with E-state index in [0.717, 1.165) is 12.8 Å². The summed E-state index contributed by atoms with van der Waals surface area (Å²) in [5, 5.41) is 0. The molecule has 0 heterocycles. The Morgan fingerprint density at radius 3 is 1.41 bits per heavy atom. The van der Waals surface area contributed by atoms with Crippen molar-refractivity contribution in [3.8, 4) is 0 Å². The fourth-order valence-electron chi connectivity index (χ4n) is 3.06. The second-order valence-electron chi connectivity index (χ2n) is 7.33. The Hall–Kier alpha value is -0.156. The van der Waals surface area contributed by atoms with Crippen LogP contribution in [0.4, 0.5) is 0 Å². The van der Waals surface area contributed by atoms with E-state index in [1.165, 1.54) is 11.1 Å². The van der Waals surface area contributed by atoms with Gasteiger partial charge < -0.3 is 8.85 Å². The first-order valence-corrected chi connectivity index (χ1v) is 15.1. The zero-order valence-corrected chi connectivity index (χ0v) is 21.9. The van der Waals surface area contributed by atoms with Crippen molar-refractivity contribution < 1.29 is 8.85 Å². The molecule has 2 rings (SSSR count). The fourth-order valence-corrected chi connectivity index (χ4v) is 15.1. The second-order valence-corrected chi connectivity index (χ2v) is 18.3. The quantitative estimate of drug-likeness (QED) is 0.349. The molecule has 0 aromatic heterocycles. The van der Waals surface area contributed by atoms with E-state index in [0.29, 0.717) is 0 Å². The predicted octanol–water partition coefficient (Wildman–Crippen LogP) is 4.39. The normalized spacial score (nSPS) is 16.7. The standard InChI is InChI=1S/C20H30O2S3Si2/c1-19(26-21-3,15-17-11-7-5-8-12-17)23-25-24-20(2,27-22-4)16-18-13-9-6-10-14-18/h5-14H,15-16,26-27H2,1-4H3. The van der Waals surface area contributed by atoms with Crippen LogP contribution in [0.2, 0.25) is 0 Å². The minimum absolute atomic E-state index is 0.177. The first-order chi connectivity index (χ1) is 13.0. The molecule has 0 aliphatic heterocycles. The smallest absolute Gasteiger partial charge is 0.177 e. The van der Waals surface area contributed by atoms with Crippen LogP contribution in [0.5, 0.6) is 0 Å². The maximum atomic E-state index is 5.68. The molecule has 0 fully saturated rings. The van der Waals surface area contributed by atoms with Crippen molar-refractivity contribution in [3.63, 3.8) is 0 Å². The molecule has 0 N–H and O–H groups in total. The van der Waals surface area contributed by atoms with Crippen LogP contribution in [0.25, 0.3) is 0 Å². The van der Waals surface area contributed by atoms with Crippen LogP contribution in [0.15, 0.2) is 60.7 Å². The van der Waals surface area contributed by atoms with Crippen molar-refractivity contribution in [1.29, 1.82) is 0 Å². The van der Waals surface area contributed by atoms with E-state index < -0.39 is 19.5 Å². The van der Waals surface area contributed by atoms with E-state index in [2.05, 4.69) is 74.5 Å². The minimum Gasteiger partial charge on any atom is -0.426 e. The Balaban J connectivity index is 1.97. The molecule has 2 atom stereocenters. The lowest BCUT2D eigenvalue weighted by atomic mass is 10.1. The molecule has 7 heteroatoms. The Labute approximate surface area is 180 Å². The highest BCUT2D eigenvalue weighted by atomic mass is 33.5. The molecular weight excluding hydrogens is 425 g/mol. The van der Waals surface area contributed by atoms with E-state index >= 15 is 0 Å². The summed E-state index contributed by atoms with van der Waals surface area (Å²) in [4.78, 5) is 0. The molecule has 2 aromatic carbocycles. The van der Waals surface area contributed by atoms with E-state index in [9.17, 15) is 0 Å².